The zero-order valence-electron chi connectivity index (χ0n) is 20.6. The van der Waals surface area contributed by atoms with E-state index in [1.54, 1.807) is 15.9 Å². The smallest absolute Gasteiger partial charge is 0.267 e. The van der Waals surface area contributed by atoms with Crippen molar-refractivity contribution in [2.24, 2.45) is 0 Å². The zero-order valence-corrected chi connectivity index (χ0v) is 22.2. The Morgan fingerprint density at radius 2 is 1.62 bits per heavy atom. The van der Waals surface area contributed by atoms with Crippen LogP contribution < -0.4 is 5.56 Å². The maximum atomic E-state index is 13.9. The monoisotopic (exact) mass is 522 g/mol. The molecule has 1 aliphatic carbocycles. The number of carbonyl (C=O) groups excluding carboxylic acids is 1. The van der Waals surface area contributed by atoms with E-state index in [1.165, 1.54) is 22.2 Å². The molecule has 4 nitrogen and oxygen atoms in total. The summed E-state index contributed by atoms with van der Waals surface area (Å²) in [5.74, 6) is 0.222. The molecular formula is C31H26N2O2S2. The van der Waals surface area contributed by atoms with Gasteiger partial charge in [-0.1, -0.05) is 84.1 Å². The summed E-state index contributed by atoms with van der Waals surface area (Å²) in [4.78, 5) is 34.1. The van der Waals surface area contributed by atoms with Crippen LogP contribution in [0.3, 0.4) is 0 Å². The zero-order chi connectivity index (χ0) is 25.4. The van der Waals surface area contributed by atoms with Gasteiger partial charge in [-0.15, -0.1) is 11.3 Å². The van der Waals surface area contributed by atoms with Gasteiger partial charge >= 0.3 is 0 Å². The Labute approximate surface area is 224 Å². The molecule has 0 N–H and O–H groups in total. The highest BCUT2D eigenvalue weighted by Gasteiger charge is 2.23. The third-order valence-corrected chi connectivity index (χ3v) is 9.02. The first-order valence-electron chi connectivity index (χ1n) is 12.5. The van der Waals surface area contributed by atoms with E-state index in [9.17, 15) is 9.59 Å². The Hall–Kier alpha value is -3.48. The lowest BCUT2D eigenvalue weighted by atomic mass is 9.97. The molecule has 2 aromatic heterocycles. The van der Waals surface area contributed by atoms with Crippen LogP contribution in [0.2, 0.25) is 0 Å². The van der Waals surface area contributed by atoms with Gasteiger partial charge < -0.3 is 0 Å². The molecule has 0 bridgehead atoms. The van der Waals surface area contributed by atoms with Crippen LogP contribution in [0, 0.1) is 6.92 Å². The van der Waals surface area contributed by atoms with Crippen LogP contribution in [0.5, 0.6) is 0 Å². The first-order chi connectivity index (χ1) is 18.1. The number of fused-ring (bicyclic) bond motifs is 3. The predicted octanol–water partition coefficient (Wildman–Crippen LogP) is 7.28. The molecule has 0 spiro atoms. The van der Waals surface area contributed by atoms with Crippen LogP contribution in [0.1, 0.15) is 39.2 Å². The molecule has 0 amide bonds. The number of rotatable bonds is 6. The maximum Gasteiger partial charge on any atom is 0.267 e. The molecule has 1 aliphatic rings. The predicted molar refractivity (Wildman–Crippen MR) is 154 cm³/mol. The summed E-state index contributed by atoms with van der Waals surface area (Å²) in [6, 6.07) is 25.8. The second-order valence-corrected chi connectivity index (χ2v) is 11.4. The number of thiophene rings is 1. The molecule has 0 radical (unpaired) electrons. The number of benzene rings is 3. The third kappa shape index (κ3) is 4.67. The molecule has 0 atom stereocenters. The molecule has 37 heavy (non-hydrogen) atoms. The molecule has 3 aromatic carbocycles. The highest BCUT2D eigenvalue weighted by Crippen LogP contribution is 2.35. The first-order valence-corrected chi connectivity index (χ1v) is 14.3. The van der Waals surface area contributed by atoms with Crippen LogP contribution in [-0.4, -0.2) is 21.1 Å². The highest BCUT2D eigenvalue weighted by molar-refractivity contribution is 7.99. The van der Waals surface area contributed by atoms with Crippen molar-refractivity contribution in [1.82, 2.24) is 9.55 Å². The topological polar surface area (TPSA) is 52.0 Å². The minimum Gasteiger partial charge on any atom is -0.293 e. The van der Waals surface area contributed by atoms with E-state index in [4.69, 9.17) is 4.98 Å². The quantitative estimate of drug-likeness (QED) is 0.134. The van der Waals surface area contributed by atoms with Crippen molar-refractivity contribution < 1.29 is 4.79 Å². The molecule has 184 valence electrons. The lowest BCUT2D eigenvalue weighted by molar-refractivity contribution is 0.102. The van der Waals surface area contributed by atoms with Gasteiger partial charge in [0.05, 0.1) is 16.8 Å². The van der Waals surface area contributed by atoms with E-state index < -0.39 is 0 Å². The summed E-state index contributed by atoms with van der Waals surface area (Å²) >= 11 is 2.98. The third-order valence-electron chi connectivity index (χ3n) is 6.90. The number of ketones is 1. The minimum atomic E-state index is -0.0320. The molecule has 0 fully saturated rings. The summed E-state index contributed by atoms with van der Waals surface area (Å²) < 4.78 is 1.69. The van der Waals surface area contributed by atoms with E-state index in [2.05, 4.69) is 12.1 Å². The number of thioether (sulfide) groups is 1. The van der Waals surface area contributed by atoms with E-state index in [-0.39, 0.29) is 17.1 Å². The summed E-state index contributed by atoms with van der Waals surface area (Å²) in [6.45, 7) is 2.03. The average Bonchev–Trinajstić information content (AvgIpc) is 3.32. The molecule has 0 unspecified atom stereocenters. The van der Waals surface area contributed by atoms with Crippen molar-refractivity contribution >= 4 is 39.1 Å². The van der Waals surface area contributed by atoms with Gasteiger partial charge in [-0.2, -0.15) is 0 Å². The number of aryl methyl sites for hydroxylation is 3. The standard InChI is InChI=1S/C31H26N2O2S2/c1-20-11-17-24(18-12-20)33-30(35)28-25-9-5-6-10-27(25)37-29(28)32-31(33)36-19-26(34)23-15-13-22(14-16-23)21-7-3-2-4-8-21/h2-4,7-8,11-18H,5-6,9-10,19H2,1H3. The SMILES string of the molecule is Cc1ccc(-n2c(SCC(=O)c3ccc(-c4ccccc4)cc3)nc3sc4c(c3c2=O)CCCC4)cc1. The lowest BCUT2D eigenvalue weighted by Crippen LogP contribution is -2.22. The Kier molecular flexibility index (Phi) is 6.53. The lowest BCUT2D eigenvalue weighted by Gasteiger charge is -2.14. The van der Waals surface area contributed by atoms with Gasteiger partial charge in [-0.3, -0.25) is 14.2 Å². The van der Waals surface area contributed by atoms with Gasteiger partial charge in [0.15, 0.2) is 10.9 Å². The van der Waals surface area contributed by atoms with E-state index in [1.807, 2.05) is 73.7 Å². The second kappa shape index (κ2) is 10.1. The van der Waals surface area contributed by atoms with Crippen molar-refractivity contribution in [3.05, 3.63) is 111 Å². The second-order valence-electron chi connectivity index (χ2n) is 9.42. The summed E-state index contributed by atoms with van der Waals surface area (Å²) in [7, 11) is 0. The van der Waals surface area contributed by atoms with E-state index in [0.717, 1.165) is 58.3 Å². The van der Waals surface area contributed by atoms with Crippen LogP contribution in [-0.2, 0) is 12.8 Å². The van der Waals surface area contributed by atoms with Crippen molar-refractivity contribution in [3.63, 3.8) is 0 Å². The van der Waals surface area contributed by atoms with Gasteiger partial charge in [0.25, 0.3) is 5.56 Å². The van der Waals surface area contributed by atoms with E-state index >= 15 is 0 Å². The Morgan fingerprint density at radius 1 is 0.919 bits per heavy atom. The minimum absolute atomic E-state index is 0.0138. The molecule has 0 saturated heterocycles. The summed E-state index contributed by atoms with van der Waals surface area (Å²) in [5.41, 5.74) is 5.90. The summed E-state index contributed by atoms with van der Waals surface area (Å²) in [6.07, 6.45) is 4.21. The Balaban J connectivity index is 1.33. The Morgan fingerprint density at radius 3 is 2.38 bits per heavy atom. The number of nitrogens with zero attached hydrogens (tertiary/aromatic N) is 2. The first kappa shape index (κ1) is 23.9. The molecule has 5 aromatic rings. The van der Waals surface area contributed by atoms with Crippen molar-refractivity contribution in [1.29, 1.82) is 0 Å². The van der Waals surface area contributed by atoms with Crippen LogP contribution >= 0.6 is 23.1 Å². The number of carbonyl (C=O) groups is 1. The van der Waals surface area contributed by atoms with Crippen molar-refractivity contribution in [2.45, 2.75) is 37.8 Å². The summed E-state index contributed by atoms with van der Waals surface area (Å²) in [5, 5.41) is 1.32. The fraction of sp³-hybridized carbons (Fsp3) is 0.194. The van der Waals surface area contributed by atoms with Crippen LogP contribution in [0.15, 0.2) is 88.8 Å². The van der Waals surface area contributed by atoms with Gasteiger partial charge in [0.1, 0.15) is 4.83 Å². The Bertz CT molecular complexity index is 1650. The van der Waals surface area contributed by atoms with Crippen molar-refractivity contribution in [2.75, 3.05) is 5.75 Å². The van der Waals surface area contributed by atoms with Gasteiger partial charge in [-0.25, -0.2) is 4.98 Å². The van der Waals surface area contributed by atoms with Gasteiger partial charge in [-0.05, 0) is 61.4 Å². The number of hydrogen-bond acceptors (Lipinski definition) is 5. The molecule has 2 heterocycles. The maximum absolute atomic E-state index is 13.9. The number of Topliss-reactive ketones (excluding diaryl/α,β-unsaturated/α-hetero) is 1. The average molecular weight is 523 g/mol. The molecule has 0 aliphatic heterocycles. The molecule has 0 saturated carbocycles. The van der Waals surface area contributed by atoms with Crippen molar-refractivity contribution in [3.8, 4) is 16.8 Å². The largest absolute Gasteiger partial charge is 0.293 e. The fourth-order valence-corrected chi connectivity index (χ4v) is 7.11. The van der Waals surface area contributed by atoms with Gasteiger partial charge in [0, 0.05) is 10.4 Å². The normalized spacial score (nSPS) is 13.0. The molecule has 6 heteroatoms. The van der Waals surface area contributed by atoms with Crippen LogP contribution in [0.25, 0.3) is 27.0 Å². The highest BCUT2D eigenvalue weighted by atomic mass is 32.2. The number of aromatic nitrogens is 2. The molecular weight excluding hydrogens is 496 g/mol. The van der Waals surface area contributed by atoms with Gasteiger partial charge in [0.2, 0.25) is 0 Å². The fourth-order valence-electron chi connectivity index (χ4n) is 4.90. The van der Waals surface area contributed by atoms with E-state index in [0.29, 0.717) is 10.7 Å². The number of hydrogen-bond donors (Lipinski definition) is 0. The molecule has 6 rings (SSSR count). The van der Waals surface area contributed by atoms with Crippen LogP contribution in [0.4, 0.5) is 0 Å².